The van der Waals surface area contributed by atoms with Crippen molar-refractivity contribution < 1.29 is 8.42 Å². The van der Waals surface area contributed by atoms with Crippen LogP contribution in [-0.4, -0.2) is 25.3 Å². The van der Waals surface area contributed by atoms with Crippen molar-refractivity contribution in [2.45, 2.75) is 43.3 Å². The van der Waals surface area contributed by atoms with Gasteiger partial charge in [0.15, 0.2) is 0 Å². The number of hydrogen-bond acceptors (Lipinski definition) is 3. The lowest BCUT2D eigenvalue weighted by molar-refractivity contribution is 0.343. The lowest BCUT2D eigenvalue weighted by Crippen LogP contribution is -2.37. The monoisotopic (exact) mass is 295 g/mol. The number of hydrogen-bond donors (Lipinski definition) is 0. The summed E-state index contributed by atoms with van der Waals surface area (Å²) in [7, 11) is -3.36. The summed E-state index contributed by atoms with van der Waals surface area (Å²) in [4.78, 5) is 0.880. The van der Waals surface area contributed by atoms with Gasteiger partial charge in [-0.1, -0.05) is 13.8 Å². The Morgan fingerprint density at radius 3 is 2.47 bits per heavy atom. The number of nitrogens with zero attached hydrogens (tertiary/aromatic N) is 1. The minimum atomic E-state index is -3.36. The number of alkyl halides is 1. The molecule has 0 saturated carbocycles. The summed E-state index contributed by atoms with van der Waals surface area (Å²) in [6.45, 7) is 6.27. The average molecular weight is 296 g/mol. The maximum absolute atomic E-state index is 12.4. The van der Waals surface area contributed by atoms with E-state index in [2.05, 4.69) is 0 Å². The Bertz CT molecular complexity index is 456. The summed E-state index contributed by atoms with van der Waals surface area (Å²) < 4.78 is 26.7. The van der Waals surface area contributed by atoms with Gasteiger partial charge < -0.3 is 0 Å². The average Bonchev–Trinajstić information content (AvgIpc) is 2.78. The Hall–Kier alpha value is -0.100. The van der Waals surface area contributed by atoms with Crippen molar-refractivity contribution in [3.63, 3.8) is 0 Å². The number of sulfonamides is 1. The molecule has 0 N–H and O–H groups in total. The van der Waals surface area contributed by atoms with Crippen LogP contribution in [-0.2, 0) is 15.9 Å². The molecule has 0 bridgehead atoms. The third-order valence-corrected chi connectivity index (χ3v) is 6.81. The van der Waals surface area contributed by atoms with Gasteiger partial charge >= 0.3 is 0 Å². The van der Waals surface area contributed by atoms with Gasteiger partial charge in [0.05, 0.1) is 5.88 Å². The van der Waals surface area contributed by atoms with E-state index >= 15 is 0 Å². The minimum Gasteiger partial charge on any atom is -0.206 e. The van der Waals surface area contributed by atoms with Crippen molar-refractivity contribution >= 4 is 33.0 Å². The second-order valence-corrected chi connectivity index (χ2v) is 7.37. The lowest BCUT2D eigenvalue weighted by atomic mass is 10.3. The SMILES string of the molecule is CCC(C)N(CC)S(=O)(=O)c1ccc(CCl)s1. The van der Waals surface area contributed by atoms with E-state index in [1.165, 1.54) is 15.6 Å². The molecule has 0 spiro atoms. The van der Waals surface area contributed by atoms with Crippen molar-refractivity contribution in [3.05, 3.63) is 17.0 Å². The maximum Gasteiger partial charge on any atom is 0.252 e. The van der Waals surface area contributed by atoms with Crippen molar-refractivity contribution in [1.82, 2.24) is 4.31 Å². The van der Waals surface area contributed by atoms with Gasteiger partial charge in [0.25, 0.3) is 10.0 Å². The molecule has 1 atom stereocenters. The van der Waals surface area contributed by atoms with Crippen LogP contribution < -0.4 is 0 Å². The second kappa shape index (κ2) is 6.18. The van der Waals surface area contributed by atoms with Gasteiger partial charge in [-0.2, -0.15) is 4.31 Å². The molecule has 98 valence electrons. The predicted molar refractivity (Wildman–Crippen MR) is 73.2 cm³/mol. The van der Waals surface area contributed by atoms with E-state index in [0.717, 1.165) is 11.3 Å². The molecule has 3 nitrogen and oxygen atoms in total. The Balaban J connectivity index is 3.08. The van der Waals surface area contributed by atoms with Crippen LogP contribution in [0.3, 0.4) is 0 Å². The molecular formula is C11H18ClNO2S2. The van der Waals surface area contributed by atoms with Crippen LogP contribution in [0.4, 0.5) is 0 Å². The minimum absolute atomic E-state index is 0.0200. The van der Waals surface area contributed by atoms with Gasteiger partial charge in [0, 0.05) is 17.5 Å². The zero-order valence-electron chi connectivity index (χ0n) is 10.3. The van der Waals surface area contributed by atoms with Crippen molar-refractivity contribution in [3.8, 4) is 0 Å². The Morgan fingerprint density at radius 2 is 2.06 bits per heavy atom. The molecule has 0 saturated heterocycles. The molecule has 17 heavy (non-hydrogen) atoms. The van der Waals surface area contributed by atoms with Crippen molar-refractivity contribution in [2.24, 2.45) is 0 Å². The molecule has 0 fully saturated rings. The summed E-state index contributed by atoms with van der Waals surface area (Å²) in [6, 6.07) is 3.43. The van der Waals surface area contributed by atoms with Gasteiger partial charge in [0.1, 0.15) is 4.21 Å². The second-order valence-electron chi connectivity index (χ2n) is 3.82. The highest BCUT2D eigenvalue weighted by atomic mass is 35.5. The summed E-state index contributed by atoms with van der Waals surface area (Å²) >= 11 is 6.95. The number of thiophene rings is 1. The van der Waals surface area contributed by atoms with Crippen LogP contribution in [0.5, 0.6) is 0 Å². The molecule has 1 heterocycles. The predicted octanol–water partition coefficient (Wildman–Crippen LogP) is 3.30. The maximum atomic E-state index is 12.4. The van der Waals surface area contributed by atoms with E-state index in [0.29, 0.717) is 16.6 Å². The van der Waals surface area contributed by atoms with E-state index in [1.54, 1.807) is 12.1 Å². The fourth-order valence-corrected chi connectivity index (χ4v) is 4.91. The van der Waals surface area contributed by atoms with Gasteiger partial charge in [-0.15, -0.1) is 22.9 Å². The Morgan fingerprint density at radius 1 is 1.41 bits per heavy atom. The lowest BCUT2D eigenvalue weighted by Gasteiger charge is -2.25. The molecule has 0 radical (unpaired) electrons. The summed E-state index contributed by atoms with van der Waals surface area (Å²) in [5.74, 6) is 0.357. The molecular weight excluding hydrogens is 278 g/mol. The molecule has 6 heteroatoms. The van der Waals surface area contributed by atoms with Crippen molar-refractivity contribution in [2.75, 3.05) is 6.54 Å². The summed E-state index contributed by atoms with van der Waals surface area (Å²) in [5, 5.41) is 0. The first-order chi connectivity index (χ1) is 7.97. The van der Waals surface area contributed by atoms with Crippen LogP contribution in [0.15, 0.2) is 16.3 Å². The molecule has 0 aliphatic heterocycles. The topological polar surface area (TPSA) is 37.4 Å². The molecule has 1 unspecified atom stereocenters. The van der Waals surface area contributed by atoms with Crippen LogP contribution in [0, 0.1) is 0 Å². The number of rotatable bonds is 6. The highest BCUT2D eigenvalue weighted by Gasteiger charge is 2.28. The van der Waals surface area contributed by atoms with E-state index in [4.69, 9.17) is 11.6 Å². The highest BCUT2D eigenvalue weighted by Crippen LogP contribution is 2.27. The third kappa shape index (κ3) is 3.22. The molecule has 0 aliphatic rings. The van der Waals surface area contributed by atoms with Gasteiger partial charge in [-0.3, -0.25) is 0 Å². The van der Waals surface area contributed by atoms with Crippen LogP contribution in [0.25, 0.3) is 0 Å². The largest absolute Gasteiger partial charge is 0.252 e. The normalized spacial score (nSPS) is 14.2. The van der Waals surface area contributed by atoms with Gasteiger partial charge in [-0.25, -0.2) is 8.42 Å². The summed E-state index contributed by atoms with van der Waals surface area (Å²) in [6.07, 6.45) is 0.806. The van der Waals surface area contributed by atoms with E-state index in [-0.39, 0.29) is 6.04 Å². The van der Waals surface area contributed by atoms with Crippen molar-refractivity contribution in [1.29, 1.82) is 0 Å². The quantitative estimate of drug-likeness (QED) is 0.755. The zero-order valence-corrected chi connectivity index (χ0v) is 12.7. The van der Waals surface area contributed by atoms with Crippen LogP contribution in [0.2, 0.25) is 0 Å². The first-order valence-electron chi connectivity index (χ1n) is 5.63. The van der Waals surface area contributed by atoms with Gasteiger partial charge in [-0.05, 0) is 25.5 Å². The fourth-order valence-electron chi connectivity index (χ4n) is 1.61. The molecule has 1 rings (SSSR count). The van der Waals surface area contributed by atoms with E-state index in [9.17, 15) is 8.42 Å². The van der Waals surface area contributed by atoms with E-state index in [1.807, 2.05) is 20.8 Å². The van der Waals surface area contributed by atoms with Crippen LogP contribution in [0.1, 0.15) is 32.1 Å². The molecule has 0 aliphatic carbocycles. The highest BCUT2D eigenvalue weighted by molar-refractivity contribution is 7.91. The van der Waals surface area contributed by atoms with E-state index < -0.39 is 10.0 Å². The summed E-state index contributed by atoms with van der Waals surface area (Å²) in [5.41, 5.74) is 0. The fraction of sp³-hybridized carbons (Fsp3) is 0.636. The zero-order chi connectivity index (χ0) is 13.1. The first kappa shape index (κ1) is 15.0. The Kier molecular flexibility index (Phi) is 5.44. The van der Waals surface area contributed by atoms with Gasteiger partial charge in [0.2, 0.25) is 0 Å². The number of halogens is 1. The molecule has 0 aromatic carbocycles. The smallest absolute Gasteiger partial charge is 0.206 e. The molecule has 0 amide bonds. The molecule has 1 aromatic rings. The standard InChI is InChI=1S/C11H18ClNO2S2/c1-4-9(3)13(5-2)17(14,15)11-7-6-10(8-12)16-11/h6-7,9H,4-5,8H2,1-3H3. The molecule has 1 aromatic heterocycles. The first-order valence-corrected chi connectivity index (χ1v) is 8.43. The van der Waals surface area contributed by atoms with Crippen LogP contribution >= 0.6 is 22.9 Å². The Labute approximate surface area is 112 Å². The third-order valence-electron chi connectivity index (χ3n) is 2.73.